The molecule has 0 aromatic carbocycles. The quantitative estimate of drug-likeness (QED) is 0.659. The summed E-state index contributed by atoms with van der Waals surface area (Å²) in [4.78, 5) is 0. The Hall–Kier alpha value is 0.180. The van der Waals surface area contributed by atoms with Crippen LogP contribution in [0.4, 0.5) is 0 Å². The Kier molecular flexibility index (Phi) is 6.06. The van der Waals surface area contributed by atoms with E-state index in [1.54, 1.807) is 11.8 Å². The summed E-state index contributed by atoms with van der Waals surface area (Å²) in [7, 11) is -3.30. The van der Waals surface area contributed by atoms with E-state index in [1.807, 2.05) is 6.26 Å². The number of piperidine rings is 1. The molecule has 0 aromatic heterocycles. The van der Waals surface area contributed by atoms with E-state index in [0.29, 0.717) is 19.6 Å². The van der Waals surface area contributed by atoms with Crippen molar-refractivity contribution in [3.63, 3.8) is 0 Å². The maximum absolute atomic E-state index is 11.8. The summed E-state index contributed by atoms with van der Waals surface area (Å²) in [5, 5.41) is 8.97. The monoisotopic (exact) mass is 268 g/mol. The van der Waals surface area contributed by atoms with Crippen molar-refractivity contribution in [1.82, 2.24) is 9.03 Å². The number of rotatable bonds is 6. The molecule has 0 atom stereocenters. The molecule has 0 radical (unpaired) electrons. The summed E-state index contributed by atoms with van der Waals surface area (Å²) in [6, 6.07) is 0. The Balaban J connectivity index is 2.39. The Morgan fingerprint density at radius 1 is 1.44 bits per heavy atom. The van der Waals surface area contributed by atoms with Gasteiger partial charge in [0.25, 0.3) is 10.2 Å². The molecule has 96 valence electrons. The van der Waals surface area contributed by atoms with Gasteiger partial charge >= 0.3 is 0 Å². The van der Waals surface area contributed by atoms with E-state index >= 15 is 0 Å². The molecule has 16 heavy (non-hydrogen) atoms. The van der Waals surface area contributed by atoms with E-state index in [-0.39, 0.29) is 12.5 Å². The van der Waals surface area contributed by atoms with Gasteiger partial charge in [-0.25, -0.2) is 4.72 Å². The van der Waals surface area contributed by atoms with E-state index in [2.05, 4.69) is 4.72 Å². The average Bonchev–Trinajstić information content (AvgIpc) is 2.29. The molecule has 0 amide bonds. The summed E-state index contributed by atoms with van der Waals surface area (Å²) >= 11 is 1.61. The summed E-state index contributed by atoms with van der Waals surface area (Å²) in [6.45, 7) is 1.66. The molecule has 1 fully saturated rings. The molecule has 0 aliphatic carbocycles. The molecule has 5 nitrogen and oxygen atoms in total. The molecule has 1 heterocycles. The highest BCUT2D eigenvalue weighted by molar-refractivity contribution is 7.98. The lowest BCUT2D eigenvalue weighted by Gasteiger charge is -2.30. The van der Waals surface area contributed by atoms with Gasteiger partial charge in [0.1, 0.15) is 0 Å². The van der Waals surface area contributed by atoms with Crippen molar-refractivity contribution in [2.45, 2.75) is 12.8 Å². The van der Waals surface area contributed by atoms with Gasteiger partial charge in [-0.1, -0.05) is 0 Å². The number of aliphatic hydroxyl groups excluding tert-OH is 1. The summed E-state index contributed by atoms with van der Waals surface area (Å²) < 4.78 is 27.6. The topological polar surface area (TPSA) is 69.6 Å². The lowest BCUT2D eigenvalue weighted by Crippen LogP contribution is -2.45. The minimum atomic E-state index is -3.30. The predicted octanol–water partition coefficient (Wildman–Crippen LogP) is -0.112. The van der Waals surface area contributed by atoms with Gasteiger partial charge in [0, 0.05) is 32.0 Å². The largest absolute Gasteiger partial charge is 0.396 e. The van der Waals surface area contributed by atoms with Crippen molar-refractivity contribution < 1.29 is 13.5 Å². The van der Waals surface area contributed by atoms with E-state index in [1.165, 1.54) is 4.31 Å². The van der Waals surface area contributed by atoms with Crippen molar-refractivity contribution in [2.75, 3.05) is 38.2 Å². The smallest absolute Gasteiger partial charge is 0.279 e. The van der Waals surface area contributed by atoms with Crippen LogP contribution in [0, 0.1) is 5.92 Å². The van der Waals surface area contributed by atoms with E-state index in [4.69, 9.17) is 5.11 Å². The molecule has 1 rings (SSSR count). The molecule has 0 bridgehead atoms. The second kappa shape index (κ2) is 6.80. The highest BCUT2D eigenvalue weighted by Gasteiger charge is 2.26. The van der Waals surface area contributed by atoms with Gasteiger partial charge in [-0.2, -0.15) is 24.5 Å². The van der Waals surface area contributed by atoms with Crippen LogP contribution in [0.1, 0.15) is 12.8 Å². The van der Waals surface area contributed by atoms with Gasteiger partial charge in [-0.05, 0) is 25.0 Å². The first-order chi connectivity index (χ1) is 7.60. The first kappa shape index (κ1) is 14.2. The van der Waals surface area contributed by atoms with E-state index < -0.39 is 10.2 Å². The Morgan fingerprint density at radius 3 is 2.56 bits per heavy atom. The number of thioether (sulfide) groups is 1. The van der Waals surface area contributed by atoms with Crippen LogP contribution in [0.2, 0.25) is 0 Å². The van der Waals surface area contributed by atoms with Crippen LogP contribution in [-0.2, 0) is 10.2 Å². The van der Waals surface area contributed by atoms with Crippen LogP contribution in [0.25, 0.3) is 0 Å². The molecule has 0 aromatic rings. The lowest BCUT2D eigenvalue weighted by molar-refractivity contribution is 0.169. The molecule has 1 aliphatic rings. The second-order valence-electron chi connectivity index (χ2n) is 3.92. The highest BCUT2D eigenvalue weighted by Crippen LogP contribution is 2.18. The van der Waals surface area contributed by atoms with Crippen molar-refractivity contribution in [3.05, 3.63) is 0 Å². The van der Waals surface area contributed by atoms with Crippen LogP contribution in [0.15, 0.2) is 0 Å². The summed E-state index contributed by atoms with van der Waals surface area (Å²) in [5.74, 6) is 1.05. The van der Waals surface area contributed by atoms with Gasteiger partial charge < -0.3 is 5.11 Å². The third-order valence-electron chi connectivity index (χ3n) is 2.76. The van der Waals surface area contributed by atoms with Crippen LogP contribution in [-0.4, -0.2) is 56.1 Å². The fraction of sp³-hybridized carbons (Fsp3) is 1.00. The molecule has 7 heteroatoms. The second-order valence-corrected chi connectivity index (χ2v) is 6.66. The zero-order valence-corrected chi connectivity index (χ0v) is 11.2. The van der Waals surface area contributed by atoms with Gasteiger partial charge in [-0.3, -0.25) is 0 Å². The number of nitrogens with one attached hydrogen (secondary N) is 1. The van der Waals surface area contributed by atoms with Crippen molar-refractivity contribution in [2.24, 2.45) is 5.92 Å². The molecule has 0 unspecified atom stereocenters. The fourth-order valence-corrected chi connectivity index (χ4v) is 3.37. The predicted molar refractivity (Wildman–Crippen MR) is 66.7 cm³/mol. The van der Waals surface area contributed by atoms with Crippen molar-refractivity contribution in [1.29, 1.82) is 0 Å². The maximum Gasteiger partial charge on any atom is 0.279 e. The zero-order valence-electron chi connectivity index (χ0n) is 9.55. The minimum absolute atomic E-state index is 0.161. The number of hydrogen-bond acceptors (Lipinski definition) is 4. The molecule has 2 N–H and O–H groups in total. The lowest BCUT2D eigenvalue weighted by atomic mass is 10.00. The Labute approximate surface area is 102 Å². The average molecular weight is 268 g/mol. The standard InChI is InChI=1S/C9H20N2O3S2/c1-15-7-4-10-16(13,14)11-5-2-9(8-12)3-6-11/h9-10,12H,2-8H2,1H3. The van der Waals surface area contributed by atoms with Crippen LogP contribution in [0.5, 0.6) is 0 Å². The molecular weight excluding hydrogens is 248 g/mol. The summed E-state index contributed by atoms with van der Waals surface area (Å²) in [5.41, 5.74) is 0. The van der Waals surface area contributed by atoms with Crippen molar-refractivity contribution in [3.8, 4) is 0 Å². The van der Waals surface area contributed by atoms with Crippen LogP contribution in [0.3, 0.4) is 0 Å². The Morgan fingerprint density at radius 2 is 2.06 bits per heavy atom. The first-order valence-electron chi connectivity index (χ1n) is 5.44. The Bertz CT molecular complexity index is 287. The molecule has 0 spiro atoms. The number of aliphatic hydroxyl groups is 1. The van der Waals surface area contributed by atoms with Gasteiger partial charge in [0.2, 0.25) is 0 Å². The van der Waals surface area contributed by atoms with Gasteiger partial charge in [0.15, 0.2) is 0 Å². The van der Waals surface area contributed by atoms with Crippen LogP contribution < -0.4 is 4.72 Å². The normalized spacial score (nSPS) is 20.1. The molecule has 1 saturated heterocycles. The van der Waals surface area contributed by atoms with Gasteiger partial charge in [0.05, 0.1) is 0 Å². The third kappa shape index (κ3) is 4.21. The van der Waals surface area contributed by atoms with E-state index in [0.717, 1.165) is 18.6 Å². The SMILES string of the molecule is CSCCNS(=O)(=O)N1CCC(CO)CC1. The fourth-order valence-electron chi connectivity index (χ4n) is 1.70. The maximum atomic E-state index is 11.8. The van der Waals surface area contributed by atoms with E-state index in [9.17, 15) is 8.42 Å². The number of nitrogens with zero attached hydrogens (tertiary/aromatic N) is 1. The van der Waals surface area contributed by atoms with Gasteiger partial charge in [-0.15, -0.1) is 0 Å². The molecule has 0 saturated carbocycles. The number of hydrogen-bond donors (Lipinski definition) is 2. The third-order valence-corrected chi connectivity index (χ3v) is 4.99. The zero-order chi connectivity index (χ0) is 12.0. The van der Waals surface area contributed by atoms with Crippen molar-refractivity contribution >= 4 is 22.0 Å². The first-order valence-corrected chi connectivity index (χ1v) is 8.28. The highest BCUT2D eigenvalue weighted by atomic mass is 32.2. The summed E-state index contributed by atoms with van der Waals surface area (Å²) in [6.07, 6.45) is 3.45. The van der Waals surface area contributed by atoms with Crippen LogP contribution >= 0.6 is 11.8 Å². The minimum Gasteiger partial charge on any atom is -0.396 e. The molecular formula is C9H20N2O3S2. The molecule has 1 aliphatic heterocycles.